The maximum absolute atomic E-state index is 11.4. The summed E-state index contributed by atoms with van der Waals surface area (Å²) in [6.45, 7) is 4.73. The van der Waals surface area contributed by atoms with Gasteiger partial charge in [0.25, 0.3) is 0 Å². The fraction of sp³-hybridized carbons (Fsp3) is 0.750. The summed E-state index contributed by atoms with van der Waals surface area (Å²) in [7, 11) is 0. The number of hydrogen-bond acceptors (Lipinski definition) is 3. The van der Waals surface area contributed by atoms with Crippen molar-refractivity contribution in [3.05, 3.63) is 0 Å². The van der Waals surface area contributed by atoms with E-state index in [1.165, 1.54) is 12.8 Å². The third kappa shape index (κ3) is 4.21. The molecule has 1 aliphatic rings. The molecule has 4 nitrogen and oxygen atoms in total. The van der Waals surface area contributed by atoms with Crippen LogP contribution in [0.3, 0.4) is 0 Å². The Balaban J connectivity index is 2.14. The second-order valence-electron chi connectivity index (χ2n) is 4.17. The summed E-state index contributed by atoms with van der Waals surface area (Å²) in [4.78, 5) is 13.8. The lowest BCUT2D eigenvalue weighted by atomic mass is 10.2. The van der Waals surface area contributed by atoms with Gasteiger partial charge in [0.15, 0.2) is 0 Å². The Bertz CT molecular complexity index is 268. The molecule has 0 aromatic rings. The minimum Gasteiger partial charge on any atom is -0.353 e. The topological polar surface area (TPSA) is 58.4 Å². The smallest absolute Gasteiger partial charge is 0.237 e. The lowest BCUT2D eigenvalue weighted by Crippen LogP contribution is -2.43. The standard InChI is InChI=1S/C12H21N3O/c1-3-5-11(13)12(16)14-8-9-15(4-2)10-6-7-10/h1,10-11H,4-9,13H2,2H3,(H,14,16). The first-order chi connectivity index (χ1) is 7.69. The van der Waals surface area contributed by atoms with Crippen LogP contribution in [0.15, 0.2) is 0 Å². The summed E-state index contributed by atoms with van der Waals surface area (Å²) in [5.74, 6) is 2.24. The van der Waals surface area contributed by atoms with E-state index in [1.807, 2.05) is 0 Å². The Hall–Kier alpha value is -1.05. The molecule has 0 aromatic heterocycles. The molecule has 0 saturated heterocycles. The fourth-order valence-corrected chi connectivity index (χ4v) is 1.71. The van der Waals surface area contributed by atoms with Gasteiger partial charge in [-0.05, 0) is 19.4 Å². The molecule has 0 heterocycles. The highest BCUT2D eigenvalue weighted by atomic mass is 16.2. The van der Waals surface area contributed by atoms with Gasteiger partial charge < -0.3 is 11.1 Å². The Kier molecular flexibility index (Phi) is 5.30. The van der Waals surface area contributed by atoms with Crippen molar-refractivity contribution < 1.29 is 4.79 Å². The van der Waals surface area contributed by atoms with E-state index in [-0.39, 0.29) is 5.91 Å². The van der Waals surface area contributed by atoms with Crippen molar-refractivity contribution in [2.45, 2.75) is 38.3 Å². The average Bonchev–Trinajstić information content (AvgIpc) is 3.08. The summed E-state index contributed by atoms with van der Waals surface area (Å²) in [6.07, 6.45) is 7.97. The summed E-state index contributed by atoms with van der Waals surface area (Å²) in [5.41, 5.74) is 5.58. The van der Waals surface area contributed by atoms with Gasteiger partial charge in [-0.15, -0.1) is 12.3 Å². The number of carbonyl (C=O) groups is 1. The van der Waals surface area contributed by atoms with E-state index in [9.17, 15) is 4.79 Å². The lowest BCUT2D eigenvalue weighted by molar-refractivity contribution is -0.122. The average molecular weight is 223 g/mol. The van der Waals surface area contributed by atoms with E-state index in [4.69, 9.17) is 12.2 Å². The first kappa shape index (κ1) is 13.0. The Morgan fingerprint density at radius 3 is 2.88 bits per heavy atom. The predicted molar refractivity (Wildman–Crippen MR) is 64.7 cm³/mol. The Morgan fingerprint density at radius 1 is 1.69 bits per heavy atom. The second-order valence-corrected chi connectivity index (χ2v) is 4.17. The number of nitrogens with zero attached hydrogens (tertiary/aromatic N) is 1. The quantitative estimate of drug-likeness (QED) is 0.594. The van der Waals surface area contributed by atoms with Gasteiger partial charge in [-0.3, -0.25) is 9.69 Å². The highest BCUT2D eigenvalue weighted by molar-refractivity contribution is 5.81. The van der Waals surface area contributed by atoms with Crippen molar-refractivity contribution in [1.29, 1.82) is 0 Å². The molecular weight excluding hydrogens is 202 g/mol. The van der Waals surface area contributed by atoms with E-state index in [0.717, 1.165) is 19.1 Å². The third-order valence-electron chi connectivity index (χ3n) is 2.84. The first-order valence-corrected chi connectivity index (χ1v) is 5.89. The molecule has 1 unspecified atom stereocenters. The molecule has 4 heteroatoms. The van der Waals surface area contributed by atoms with Crippen LogP contribution in [0.1, 0.15) is 26.2 Å². The molecule has 0 bridgehead atoms. The van der Waals surface area contributed by atoms with Gasteiger partial charge in [0.2, 0.25) is 5.91 Å². The summed E-state index contributed by atoms with van der Waals surface area (Å²) in [6, 6.07) is 0.169. The molecule has 90 valence electrons. The molecule has 1 aliphatic carbocycles. The molecule has 1 fully saturated rings. The molecule has 1 atom stereocenters. The van der Waals surface area contributed by atoms with E-state index < -0.39 is 6.04 Å². The molecule has 16 heavy (non-hydrogen) atoms. The van der Waals surface area contributed by atoms with Crippen LogP contribution >= 0.6 is 0 Å². The molecule has 0 radical (unpaired) electrons. The van der Waals surface area contributed by atoms with E-state index >= 15 is 0 Å². The van der Waals surface area contributed by atoms with Gasteiger partial charge in [-0.2, -0.15) is 0 Å². The number of carbonyl (C=O) groups excluding carboxylic acids is 1. The van der Waals surface area contributed by atoms with Crippen molar-refractivity contribution in [2.75, 3.05) is 19.6 Å². The number of hydrogen-bond donors (Lipinski definition) is 2. The first-order valence-electron chi connectivity index (χ1n) is 5.89. The predicted octanol–water partition coefficient (Wildman–Crippen LogP) is -0.0625. The zero-order valence-electron chi connectivity index (χ0n) is 9.91. The molecule has 1 amide bonds. The highest BCUT2D eigenvalue weighted by Crippen LogP contribution is 2.25. The van der Waals surface area contributed by atoms with Crippen LogP contribution in [-0.2, 0) is 4.79 Å². The monoisotopic (exact) mass is 223 g/mol. The summed E-state index contributed by atoms with van der Waals surface area (Å²) >= 11 is 0. The van der Waals surface area contributed by atoms with E-state index in [0.29, 0.717) is 13.0 Å². The minimum atomic E-state index is -0.569. The highest BCUT2D eigenvalue weighted by Gasteiger charge is 2.27. The molecule has 3 N–H and O–H groups in total. The van der Waals surface area contributed by atoms with Gasteiger partial charge >= 0.3 is 0 Å². The van der Waals surface area contributed by atoms with Crippen LogP contribution in [0.25, 0.3) is 0 Å². The molecule has 0 spiro atoms. The lowest BCUT2D eigenvalue weighted by Gasteiger charge is -2.20. The van der Waals surface area contributed by atoms with Crippen LogP contribution < -0.4 is 11.1 Å². The number of terminal acetylenes is 1. The normalized spacial score (nSPS) is 16.9. The number of amides is 1. The summed E-state index contributed by atoms with van der Waals surface area (Å²) < 4.78 is 0. The number of likely N-dealkylation sites (N-methyl/N-ethyl adjacent to an activating group) is 1. The fourth-order valence-electron chi connectivity index (χ4n) is 1.71. The molecule has 0 aromatic carbocycles. The minimum absolute atomic E-state index is 0.148. The maximum atomic E-state index is 11.4. The molecule has 1 saturated carbocycles. The van der Waals surface area contributed by atoms with Crippen molar-refractivity contribution in [2.24, 2.45) is 5.73 Å². The van der Waals surface area contributed by atoms with Gasteiger partial charge in [-0.1, -0.05) is 6.92 Å². The van der Waals surface area contributed by atoms with E-state index in [2.05, 4.69) is 23.1 Å². The third-order valence-corrected chi connectivity index (χ3v) is 2.84. The molecule has 1 rings (SSSR count). The SMILES string of the molecule is C#CCC(N)C(=O)NCCN(CC)C1CC1. The van der Waals surface area contributed by atoms with Crippen LogP contribution in [-0.4, -0.2) is 42.5 Å². The summed E-state index contributed by atoms with van der Waals surface area (Å²) in [5, 5.41) is 2.81. The number of nitrogens with two attached hydrogens (primary N) is 1. The zero-order valence-corrected chi connectivity index (χ0v) is 9.91. The van der Waals surface area contributed by atoms with Gasteiger partial charge in [0.05, 0.1) is 6.04 Å². The van der Waals surface area contributed by atoms with Gasteiger partial charge in [0, 0.05) is 25.6 Å². The van der Waals surface area contributed by atoms with Gasteiger partial charge in [0.1, 0.15) is 0 Å². The van der Waals surface area contributed by atoms with Gasteiger partial charge in [-0.25, -0.2) is 0 Å². The number of nitrogens with one attached hydrogen (secondary N) is 1. The van der Waals surface area contributed by atoms with Crippen molar-refractivity contribution in [3.8, 4) is 12.3 Å². The van der Waals surface area contributed by atoms with Crippen LogP contribution in [0, 0.1) is 12.3 Å². The van der Waals surface area contributed by atoms with Crippen LogP contribution in [0.4, 0.5) is 0 Å². The van der Waals surface area contributed by atoms with Crippen molar-refractivity contribution in [3.63, 3.8) is 0 Å². The Labute approximate surface area is 97.6 Å². The van der Waals surface area contributed by atoms with Crippen molar-refractivity contribution in [1.82, 2.24) is 10.2 Å². The molecular formula is C12H21N3O. The van der Waals surface area contributed by atoms with Crippen LogP contribution in [0.2, 0.25) is 0 Å². The van der Waals surface area contributed by atoms with E-state index in [1.54, 1.807) is 0 Å². The number of rotatable bonds is 7. The Morgan fingerprint density at radius 2 is 2.38 bits per heavy atom. The maximum Gasteiger partial charge on any atom is 0.237 e. The van der Waals surface area contributed by atoms with Crippen LogP contribution in [0.5, 0.6) is 0 Å². The zero-order chi connectivity index (χ0) is 12.0. The second kappa shape index (κ2) is 6.51. The van der Waals surface area contributed by atoms with Crippen molar-refractivity contribution >= 4 is 5.91 Å². The largest absolute Gasteiger partial charge is 0.353 e. The molecule has 0 aliphatic heterocycles.